The molecule has 0 aliphatic rings. The van der Waals surface area contributed by atoms with E-state index in [1.165, 1.54) is 7.11 Å². The van der Waals surface area contributed by atoms with Crippen LogP contribution in [0.15, 0.2) is 48.5 Å². The number of ether oxygens (including phenoxy) is 1. The Morgan fingerprint density at radius 1 is 1.05 bits per heavy atom. The fourth-order valence-electron chi connectivity index (χ4n) is 2.60. The highest BCUT2D eigenvalue weighted by Crippen LogP contribution is 2.31. The molecule has 1 heterocycles. The Bertz CT molecular complexity index is 854. The van der Waals surface area contributed by atoms with Crippen LogP contribution in [-0.2, 0) is 4.74 Å². The summed E-state index contributed by atoms with van der Waals surface area (Å²) in [6.45, 7) is 4.07. The Morgan fingerprint density at radius 2 is 1.77 bits per heavy atom. The maximum absolute atomic E-state index is 12.0. The highest BCUT2D eigenvalue weighted by Gasteiger charge is 2.15. The molecular weight excluding hydrogens is 274 g/mol. The molecule has 2 aromatic carbocycles. The van der Waals surface area contributed by atoms with Crippen molar-refractivity contribution >= 4 is 16.9 Å². The lowest BCUT2D eigenvalue weighted by Crippen LogP contribution is -2.05. The lowest BCUT2D eigenvalue weighted by atomic mass is 9.96. The van der Waals surface area contributed by atoms with Crippen molar-refractivity contribution in [3.63, 3.8) is 0 Å². The SMILES string of the molecule is COC(=O)c1cc(-c2ccccc2)c2ccc(C)c(C)c2n1. The van der Waals surface area contributed by atoms with E-state index in [0.717, 1.165) is 33.2 Å². The Morgan fingerprint density at radius 3 is 2.45 bits per heavy atom. The van der Waals surface area contributed by atoms with Crippen molar-refractivity contribution in [2.75, 3.05) is 7.11 Å². The monoisotopic (exact) mass is 291 g/mol. The molecule has 0 unspecified atom stereocenters. The van der Waals surface area contributed by atoms with Gasteiger partial charge in [-0.15, -0.1) is 0 Å². The van der Waals surface area contributed by atoms with Gasteiger partial charge < -0.3 is 4.74 Å². The van der Waals surface area contributed by atoms with Crippen LogP contribution in [0.25, 0.3) is 22.0 Å². The van der Waals surface area contributed by atoms with E-state index in [1.807, 2.05) is 44.2 Å². The zero-order chi connectivity index (χ0) is 15.7. The van der Waals surface area contributed by atoms with Crippen molar-refractivity contribution < 1.29 is 9.53 Å². The standard InChI is InChI=1S/C19H17NO2/c1-12-9-10-15-16(14-7-5-4-6-8-14)11-17(19(21)22-3)20-18(15)13(12)2/h4-11H,1-3H3. The number of carbonyl (C=O) groups is 1. The predicted octanol–water partition coefficient (Wildman–Crippen LogP) is 4.31. The van der Waals surface area contributed by atoms with Crippen LogP contribution in [0.5, 0.6) is 0 Å². The second kappa shape index (κ2) is 5.60. The number of rotatable bonds is 2. The maximum atomic E-state index is 12.0. The lowest BCUT2D eigenvalue weighted by molar-refractivity contribution is 0.0594. The van der Waals surface area contributed by atoms with Gasteiger partial charge in [-0.1, -0.05) is 42.5 Å². The second-order valence-corrected chi connectivity index (χ2v) is 5.32. The molecule has 0 saturated carbocycles. The number of methoxy groups -OCH3 is 1. The average molecular weight is 291 g/mol. The van der Waals surface area contributed by atoms with Gasteiger partial charge in [0.05, 0.1) is 12.6 Å². The van der Waals surface area contributed by atoms with Gasteiger partial charge in [-0.3, -0.25) is 0 Å². The summed E-state index contributed by atoms with van der Waals surface area (Å²) in [6.07, 6.45) is 0. The number of fused-ring (bicyclic) bond motifs is 1. The Hall–Kier alpha value is -2.68. The molecule has 1 aromatic heterocycles. The van der Waals surface area contributed by atoms with E-state index in [-0.39, 0.29) is 0 Å². The van der Waals surface area contributed by atoms with Crippen LogP contribution in [0.1, 0.15) is 21.6 Å². The number of hydrogen-bond donors (Lipinski definition) is 0. The first kappa shape index (κ1) is 14.3. The summed E-state index contributed by atoms with van der Waals surface area (Å²) in [5.74, 6) is -0.417. The third kappa shape index (κ3) is 2.35. The molecule has 0 spiro atoms. The Kier molecular flexibility index (Phi) is 3.63. The molecule has 0 N–H and O–H groups in total. The molecule has 0 saturated heterocycles. The van der Waals surface area contributed by atoms with Crippen molar-refractivity contribution in [1.29, 1.82) is 0 Å². The number of pyridine rings is 1. The highest BCUT2D eigenvalue weighted by atomic mass is 16.5. The van der Waals surface area contributed by atoms with Gasteiger partial charge in [0.25, 0.3) is 0 Å². The summed E-state index contributed by atoms with van der Waals surface area (Å²) >= 11 is 0. The lowest BCUT2D eigenvalue weighted by Gasteiger charge is -2.12. The first-order valence-electron chi connectivity index (χ1n) is 7.16. The molecule has 3 nitrogen and oxygen atoms in total. The van der Waals surface area contributed by atoms with E-state index < -0.39 is 5.97 Å². The third-order valence-electron chi connectivity index (χ3n) is 3.98. The van der Waals surface area contributed by atoms with Crippen LogP contribution >= 0.6 is 0 Å². The molecule has 3 heteroatoms. The molecule has 0 fully saturated rings. The Labute approximate surface area is 129 Å². The minimum atomic E-state index is -0.417. The number of nitrogens with zero attached hydrogens (tertiary/aromatic N) is 1. The van der Waals surface area contributed by atoms with Gasteiger partial charge >= 0.3 is 5.97 Å². The maximum Gasteiger partial charge on any atom is 0.356 e. The zero-order valence-corrected chi connectivity index (χ0v) is 12.9. The van der Waals surface area contributed by atoms with Crippen molar-refractivity contribution in [3.8, 4) is 11.1 Å². The number of hydrogen-bond acceptors (Lipinski definition) is 3. The van der Waals surface area contributed by atoms with E-state index in [9.17, 15) is 4.79 Å². The summed E-state index contributed by atoms with van der Waals surface area (Å²) in [5, 5.41) is 1.04. The zero-order valence-electron chi connectivity index (χ0n) is 12.9. The molecular formula is C19H17NO2. The van der Waals surface area contributed by atoms with Crippen molar-refractivity contribution in [1.82, 2.24) is 4.98 Å². The minimum absolute atomic E-state index is 0.336. The second-order valence-electron chi connectivity index (χ2n) is 5.32. The van der Waals surface area contributed by atoms with Gasteiger partial charge in [0.2, 0.25) is 0 Å². The quantitative estimate of drug-likeness (QED) is 0.661. The fraction of sp³-hybridized carbons (Fsp3) is 0.158. The fourth-order valence-corrected chi connectivity index (χ4v) is 2.60. The first-order chi connectivity index (χ1) is 10.6. The number of esters is 1. The highest BCUT2D eigenvalue weighted by molar-refractivity contribution is 6.01. The smallest absolute Gasteiger partial charge is 0.356 e. The van der Waals surface area contributed by atoms with Gasteiger partial charge in [-0.2, -0.15) is 0 Å². The molecule has 0 atom stereocenters. The molecule has 0 radical (unpaired) electrons. The summed E-state index contributed by atoms with van der Waals surface area (Å²) in [7, 11) is 1.37. The molecule has 3 aromatic rings. The normalized spacial score (nSPS) is 10.7. The van der Waals surface area contributed by atoms with Crippen LogP contribution in [0.2, 0.25) is 0 Å². The van der Waals surface area contributed by atoms with Crippen LogP contribution < -0.4 is 0 Å². The van der Waals surface area contributed by atoms with Crippen LogP contribution in [-0.4, -0.2) is 18.1 Å². The molecule has 110 valence electrons. The van der Waals surface area contributed by atoms with E-state index in [2.05, 4.69) is 17.1 Å². The number of benzene rings is 2. The van der Waals surface area contributed by atoms with Gasteiger partial charge in [0.15, 0.2) is 0 Å². The summed E-state index contributed by atoms with van der Waals surface area (Å²) in [5.41, 5.74) is 5.48. The van der Waals surface area contributed by atoms with Gasteiger partial charge in [0.1, 0.15) is 5.69 Å². The number of carbonyl (C=O) groups excluding carboxylic acids is 1. The summed E-state index contributed by atoms with van der Waals surface area (Å²) in [4.78, 5) is 16.5. The van der Waals surface area contributed by atoms with E-state index >= 15 is 0 Å². The largest absolute Gasteiger partial charge is 0.464 e. The van der Waals surface area contributed by atoms with Gasteiger partial charge in [0, 0.05) is 5.39 Å². The van der Waals surface area contributed by atoms with Gasteiger partial charge in [-0.25, -0.2) is 9.78 Å². The topological polar surface area (TPSA) is 39.2 Å². The predicted molar refractivity (Wildman–Crippen MR) is 88.0 cm³/mol. The first-order valence-corrected chi connectivity index (χ1v) is 7.16. The van der Waals surface area contributed by atoms with E-state index in [0.29, 0.717) is 5.69 Å². The molecule has 0 amide bonds. The van der Waals surface area contributed by atoms with Crippen molar-refractivity contribution in [3.05, 3.63) is 65.4 Å². The van der Waals surface area contributed by atoms with E-state index in [1.54, 1.807) is 6.07 Å². The van der Waals surface area contributed by atoms with Crippen molar-refractivity contribution in [2.45, 2.75) is 13.8 Å². The number of aromatic nitrogens is 1. The number of aryl methyl sites for hydroxylation is 2. The molecule has 22 heavy (non-hydrogen) atoms. The summed E-state index contributed by atoms with van der Waals surface area (Å²) in [6, 6.07) is 16.0. The average Bonchev–Trinajstić information content (AvgIpc) is 2.57. The van der Waals surface area contributed by atoms with Crippen LogP contribution in [0.3, 0.4) is 0 Å². The Balaban J connectivity index is 2.39. The van der Waals surface area contributed by atoms with E-state index in [4.69, 9.17) is 4.74 Å². The molecule has 0 aliphatic heterocycles. The molecule has 0 bridgehead atoms. The van der Waals surface area contributed by atoms with Crippen molar-refractivity contribution in [2.24, 2.45) is 0 Å². The summed E-state index contributed by atoms with van der Waals surface area (Å²) < 4.78 is 4.84. The minimum Gasteiger partial charge on any atom is -0.464 e. The van der Waals surface area contributed by atoms with Gasteiger partial charge in [-0.05, 0) is 42.2 Å². The van der Waals surface area contributed by atoms with Crippen LogP contribution in [0, 0.1) is 13.8 Å². The molecule has 0 aliphatic carbocycles. The third-order valence-corrected chi connectivity index (χ3v) is 3.98. The molecule has 3 rings (SSSR count). The van der Waals surface area contributed by atoms with Crippen LogP contribution in [0.4, 0.5) is 0 Å².